The SMILES string of the molecule is NC1CCC(Sc2ccc(C(F)(F)F)cn2)CC1. The first-order valence-electron chi connectivity index (χ1n) is 5.90. The molecule has 6 heteroatoms. The highest BCUT2D eigenvalue weighted by Crippen LogP contribution is 2.34. The fourth-order valence-electron chi connectivity index (χ4n) is 1.99. The zero-order valence-electron chi connectivity index (χ0n) is 9.78. The monoisotopic (exact) mass is 276 g/mol. The summed E-state index contributed by atoms with van der Waals surface area (Å²) in [5, 5.41) is 1.08. The van der Waals surface area contributed by atoms with Gasteiger partial charge in [-0.15, -0.1) is 11.8 Å². The Labute approximate surface area is 108 Å². The highest BCUT2D eigenvalue weighted by atomic mass is 32.2. The topological polar surface area (TPSA) is 38.9 Å². The third-order valence-electron chi connectivity index (χ3n) is 3.07. The van der Waals surface area contributed by atoms with E-state index in [1.807, 2.05) is 0 Å². The van der Waals surface area contributed by atoms with Gasteiger partial charge in [0.15, 0.2) is 0 Å². The molecule has 0 bridgehead atoms. The van der Waals surface area contributed by atoms with Gasteiger partial charge in [-0.3, -0.25) is 0 Å². The fourth-order valence-corrected chi connectivity index (χ4v) is 3.10. The Hall–Kier alpha value is -0.750. The van der Waals surface area contributed by atoms with E-state index in [1.165, 1.54) is 6.07 Å². The van der Waals surface area contributed by atoms with Crippen molar-refractivity contribution >= 4 is 11.8 Å². The first kappa shape index (κ1) is 13.7. The second kappa shape index (κ2) is 5.48. The highest BCUT2D eigenvalue weighted by Gasteiger charge is 2.30. The summed E-state index contributed by atoms with van der Waals surface area (Å²) in [5.41, 5.74) is 5.11. The third-order valence-corrected chi connectivity index (χ3v) is 4.36. The van der Waals surface area contributed by atoms with E-state index in [0.29, 0.717) is 10.3 Å². The number of nitrogens with two attached hydrogens (primary N) is 1. The lowest BCUT2D eigenvalue weighted by Crippen LogP contribution is -2.27. The van der Waals surface area contributed by atoms with Gasteiger partial charge >= 0.3 is 6.18 Å². The molecule has 1 heterocycles. The second-order valence-corrected chi connectivity index (χ2v) is 5.86. The summed E-state index contributed by atoms with van der Waals surface area (Å²) in [6, 6.07) is 2.81. The van der Waals surface area contributed by atoms with E-state index in [4.69, 9.17) is 5.73 Å². The smallest absolute Gasteiger partial charge is 0.328 e. The van der Waals surface area contributed by atoms with Gasteiger partial charge < -0.3 is 5.73 Å². The molecule has 0 saturated heterocycles. The molecule has 1 aromatic rings. The minimum atomic E-state index is -4.31. The molecule has 2 N–H and O–H groups in total. The standard InChI is InChI=1S/C12H15F3N2S/c13-12(14,15)8-1-6-11(17-7-8)18-10-4-2-9(16)3-5-10/h1,6-7,9-10H,2-5,16H2. The van der Waals surface area contributed by atoms with E-state index < -0.39 is 11.7 Å². The van der Waals surface area contributed by atoms with Crippen molar-refractivity contribution in [2.24, 2.45) is 5.73 Å². The van der Waals surface area contributed by atoms with Crippen molar-refractivity contribution in [1.29, 1.82) is 0 Å². The first-order valence-corrected chi connectivity index (χ1v) is 6.78. The summed E-state index contributed by atoms with van der Waals surface area (Å²) < 4.78 is 37.1. The van der Waals surface area contributed by atoms with Crippen LogP contribution in [0.2, 0.25) is 0 Å². The van der Waals surface area contributed by atoms with Gasteiger partial charge in [0.1, 0.15) is 0 Å². The first-order chi connectivity index (χ1) is 8.45. The van der Waals surface area contributed by atoms with Crippen molar-refractivity contribution in [1.82, 2.24) is 4.98 Å². The Morgan fingerprint density at radius 1 is 1.17 bits per heavy atom. The van der Waals surface area contributed by atoms with Crippen LogP contribution in [0.3, 0.4) is 0 Å². The van der Waals surface area contributed by atoms with Crippen LogP contribution >= 0.6 is 11.8 Å². The van der Waals surface area contributed by atoms with Crippen LogP contribution in [0.5, 0.6) is 0 Å². The number of pyridine rings is 1. The maximum absolute atomic E-state index is 12.4. The highest BCUT2D eigenvalue weighted by molar-refractivity contribution is 7.99. The molecule has 0 unspecified atom stereocenters. The average Bonchev–Trinajstić information content (AvgIpc) is 2.32. The Kier molecular flexibility index (Phi) is 4.17. The van der Waals surface area contributed by atoms with Crippen LogP contribution in [0.4, 0.5) is 13.2 Å². The lowest BCUT2D eigenvalue weighted by molar-refractivity contribution is -0.137. The van der Waals surface area contributed by atoms with Crippen LogP contribution in [0.25, 0.3) is 0 Å². The van der Waals surface area contributed by atoms with E-state index in [-0.39, 0.29) is 6.04 Å². The number of hydrogen-bond donors (Lipinski definition) is 1. The number of hydrogen-bond acceptors (Lipinski definition) is 3. The quantitative estimate of drug-likeness (QED) is 0.899. The van der Waals surface area contributed by atoms with Crippen molar-refractivity contribution in [3.8, 4) is 0 Å². The lowest BCUT2D eigenvalue weighted by atomic mass is 9.96. The van der Waals surface area contributed by atoms with E-state index in [1.54, 1.807) is 11.8 Å². The summed E-state index contributed by atoms with van der Waals surface area (Å²) in [4.78, 5) is 3.87. The van der Waals surface area contributed by atoms with Crippen molar-refractivity contribution in [2.75, 3.05) is 0 Å². The average molecular weight is 276 g/mol. The molecule has 1 saturated carbocycles. The predicted octanol–water partition coefficient (Wildman–Crippen LogP) is 3.46. The molecule has 1 aliphatic carbocycles. The summed E-state index contributed by atoms with van der Waals surface area (Å²) >= 11 is 1.55. The van der Waals surface area contributed by atoms with Gasteiger partial charge in [-0.1, -0.05) is 0 Å². The largest absolute Gasteiger partial charge is 0.417 e. The predicted molar refractivity (Wildman–Crippen MR) is 65.3 cm³/mol. The van der Waals surface area contributed by atoms with Crippen LogP contribution < -0.4 is 5.73 Å². The Morgan fingerprint density at radius 3 is 2.33 bits per heavy atom. The van der Waals surface area contributed by atoms with E-state index in [9.17, 15) is 13.2 Å². The number of thioether (sulfide) groups is 1. The maximum atomic E-state index is 12.4. The minimum Gasteiger partial charge on any atom is -0.328 e. The molecule has 0 aromatic carbocycles. The van der Waals surface area contributed by atoms with Gasteiger partial charge in [0.2, 0.25) is 0 Å². The molecule has 2 nitrogen and oxygen atoms in total. The number of nitrogens with zero attached hydrogens (tertiary/aromatic N) is 1. The van der Waals surface area contributed by atoms with Crippen LogP contribution in [0, 0.1) is 0 Å². The van der Waals surface area contributed by atoms with E-state index >= 15 is 0 Å². The molecule has 0 amide bonds. The van der Waals surface area contributed by atoms with Gasteiger partial charge in [-0.05, 0) is 37.8 Å². The van der Waals surface area contributed by atoms with E-state index in [2.05, 4.69) is 4.98 Å². The van der Waals surface area contributed by atoms with Crippen LogP contribution in [-0.4, -0.2) is 16.3 Å². The van der Waals surface area contributed by atoms with Gasteiger partial charge in [-0.25, -0.2) is 4.98 Å². The number of aromatic nitrogens is 1. The number of halogens is 3. The Bertz CT molecular complexity index is 383. The molecular formula is C12H15F3N2S. The Balaban J connectivity index is 1.94. The molecule has 0 atom stereocenters. The molecule has 0 radical (unpaired) electrons. The van der Waals surface area contributed by atoms with Crippen molar-refractivity contribution in [3.63, 3.8) is 0 Å². The fraction of sp³-hybridized carbons (Fsp3) is 0.583. The van der Waals surface area contributed by atoms with Gasteiger partial charge in [0.25, 0.3) is 0 Å². The molecule has 1 aromatic heterocycles. The summed E-state index contributed by atoms with van der Waals surface area (Å²) in [5.74, 6) is 0. The molecule has 0 aliphatic heterocycles. The Morgan fingerprint density at radius 2 is 1.83 bits per heavy atom. The third kappa shape index (κ3) is 3.62. The summed E-state index contributed by atoms with van der Waals surface area (Å²) in [7, 11) is 0. The van der Waals surface area contributed by atoms with Crippen molar-refractivity contribution in [2.45, 2.75) is 48.2 Å². The summed E-state index contributed by atoms with van der Waals surface area (Å²) in [6.07, 6.45) is 0.574. The lowest BCUT2D eigenvalue weighted by Gasteiger charge is -2.25. The van der Waals surface area contributed by atoms with Gasteiger partial charge in [0.05, 0.1) is 10.6 Å². The molecule has 0 spiro atoms. The molecule has 100 valence electrons. The second-order valence-electron chi connectivity index (χ2n) is 4.54. The van der Waals surface area contributed by atoms with Crippen LogP contribution in [-0.2, 0) is 6.18 Å². The molecule has 2 rings (SSSR count). The van der Waals surface area contributed by atoms with Crippen molar-refractivity contribution < 1.29 is 13.2 Å². The van der Waals surface area contributed by atoms with Crippen LogP contribution in [0.15, 0.2) is 23.4 Å². The van der Waals surface area contributed by atoms with E-state index in [0.717, 1.165) is 37.9 Å². The number of rotatable bonds is 2. The molecule has 1 aliphatic rings. The zero-order valence-corrected chi connectivity index (χ0v) is 10.6. The zero-order chi connectivity index (χ0) is 13.2. The molecular weight excluding hydrogens is 261 g/mol. The number of alkyl halides is 3. The van der Waals surface area contributed by atoms with Crippen LogP contribution in [0.1, 0.15) is 31.2 Å². The maximum Gasteiger partial charge on any atom is 0.417 e. The molecule has 18 heavy (non-hydrogen) atoms. The normalized spacial score (nSPS) is 25.1. The summed E-state index contributed by atoms with van der Waals surface area (Å²) in [6.45, 7) is 0. The van der Waals surface area contributed by atoms with Gasteiger partial charge in [0, 0.05) is 17.5 Å². The minimum absolute atomic E-state index is 0.280. The van der Waals surface area contributed by atoms with Gasteiger partial charge in [-0.2, -0.15) is 13.2 Å². The molecule has 1 fully saturated rings. The van der Waals surface area contributed by atoms with Crippen molar-refractivity contribution in [3.05, 3.63) is 23.9 Å².